The molecule has 0 fully saturated rings. The van der Waals surface area contributed by atoms with Crippen LogP contribution in [0.4, 0.5) is 0 Å². The zero-order valence-electron chi connectivity index (χ0n) is 15.7. The number of carbonyl (C=O) groups excluding carboxylic acids is 1. The van der Waals surface area contributed by atoms with Crippen molar-refractivity contribution in [3.8, 4) is 11.3 Å². The van der Waals surface area contributed by atoms with Crippen molar-refractivity contribution in [3.63, 3.8) is 0 Å². The Morgan fingerprint density at radius 3 is 2.28 bits per heavy atom. The van der Waals surface area contributed by atoms with E-state index in [1.54, 1.807) is 30.3 Å². The van der Waals surface area contributed by atoms with Crippen molar-refractivity contribution in [2.45, 2.75) is 13.1 Å². The molecule has 1 aromatic heterocycles. The molecule has 0 saturated carbocycles. The van der Waals surface area contributed by atoms with Gasteiger partial charge in [0.15, 0.2) is 0 Å². The van der Waals surface area contributed by atoms with Gasteiger partial charge in [-0.25, -0.2) is 9.40 Å². The molecule has 1 N–H and O–H groups in total. The van der Waals surface area contributed by atoms with Gasteiger partial charge >= 0.3 is 10.2 Å². The molecule has 9 heteroatoms. The maximum absolute atomic E-state index is 12.4. The molecule has 1 heterocycles. The van der Waals surface area contributed by atoms with Gasteiger partial charge in [0.2, 0.25) is 0 Å². The summed E-state index contributed by atoms with van der Waals surface area (Å²) in [6.45, 7) is -0.414. The number of carbonyl (C=O) groups is 1. The Balaban J connectivity index is 1.71. The van der Waals surface area contributed by atoms with Gasteiger partial charge in [-0.1, -0.05) is 60.7 Å². The fourth-order valence-electron chi connectivity index (χ4n) is 2.64. The van der Waals surface area contributed by atoms with E-state index in [1.807, 2.05) is 41.1 Å². The van der Waals surface area contributed by atoms with Crippen LogP contribution in [0.1, 0.15) is 5.56 Å². The lowest BCUT2D eigenvalue weighted by Gasteiger charge is -2.17. The first-order valence-electron chi connectivity index (χ1n) is 8.79. The molecule has 3 aromatic rings. The molecular formula is C20H20N4O4S. The summed E-state index contributed by atoms with van der Waals surface area (Å²) in [5, 5.41) is 4.16. The lowest BCUT2D eigenvalue weighted by atomic mass is 10.1. The normalized spacial score (nSPS) is 11.4. The highest BCUT2D eigenvalue weighted by molar-refractivity contribution is 7.87. The molecule has 3 rings (SSSR count). The van der Waals surface area contributed by atoms with Crippen molar-refractivity contribution in [1.82, 2.24) is 18.8 Å². The van der Waals surface area contributed by atoms with E-state index in [4.69, 9.17) is 0 Å². The fraction of sp³-hybridized carbons (Fsp3) is 0.150. The molecule has 150 valence electrons. The van der Waals surface area contributed by atoms with Crippen LogP contribution in [0.3, 0.4) is 0 Å². The monoisotopic (exact) mass is 412 g/mol. The lowest BCUT2D eigenvalue weighted by Crippen LogP contribution is -2.43. The Morgan fingerprint density at radius 2 is 1.62 bits per heavy atom. The quantitative estimate of drug-likeness (QED) is 0.632. The van der Waals surface area contributed by atoms with Crippen LogP contribution in [-0.4, -0.2) is 35.5 Å². The van der Waals surface area contributed by atoms with Crippen molar-refractivity contribution in [1.29, 1.82) is 0 Å². The Bertz CT molecular complexity index is 1150. The molecule has 0 aliphatic carbocycles. The smallest absolute Gasteiger partial charge is 0.272 e. The van der Waals surface area contributed by atoms with E-state index in [2.05, 4.69) is 5.10 Å². The lowest BCUT2D eigenvalue weighted by molar-refractivity contribution is -0.120. The van der Waals surface area contributed by atoms with Gasteiger partial charge in [-0.15, -0.1) is 0 Å². The van der Waals surface area contributed by atoms with E-state index in [0.717, 1.165) is 20.1 Å². The predicted molar refractivity (Wildman–Crippen MR) is 109 cm³/mol. The standard InChI is InChI=1S/C20H20N4O4S/c1-23(14-16-8-4-2-5-9-16)29(27,28)22-19(25)15-24-20(26)13-12-18(21-24)17-10-6-3-7-11-17/h2-13H,14-15H2,1H3,(H,22,25). The SMILES string of the molecule is CN(Cc1ccccc1)S(=O)(=O)NC(=O)Cn1nc(-c2ccccc2)ccc1=O. The Morgan fingerprint density at radius 1 is 1.00 bits per heavy atom. The Hall–Kier alpha value is -3.30. The molecule has 0 bridgehead atoms. The molecule has 0 spiro atoms. The number of hydrogen-bond donors (Lipinski definition) is 1. The molecule has 0 aliphatic heterocycles. The fourth-order valence-corrected chi connectivity index (χ4v) is 3.47. The minimum Gasteiger partial charge on any atom is -0.272 e. The van der Waals surface area contributed by atoms with Gasteiger partial charge in [0, 0.05) is 25.2 Å². The van der Waals surface area contributed by atoms with Crippen LogP contribution in [-0.2, 0) is 28.1 Å². The number of nitrogens with zero attached hydrogens (tertiary/aromatic N) is 3. The molecule has 0 radical (unpaired) electrons. The highest BCUT2D eigenvalue weighted by atomic mass is 32.2. The van der Waals surface area contributed by atoms with Gasteiger partial charge < -0.3 is 0 Å². The molecule has 1 amide bonds. The first-order chi connectivity index (χ1) is 13.8. The van der Waals surface area contributed by atoms with Crippen molar-refractivity contribution in [3.05, 3.63) is 88.7 Å². The summed E-state index contributed by atoms with van der Waals surface area (Å²) in [7, 11) is -2.70. The van der Waals surface area contributed by atoms with Crippen molar-refractivity contribution >= 4 is 16.1 Å². The second kappa shape index (κ2) is 8.80. The highest BCUT2D eigenvalue weighted by Gasteiger charge is 2.21. The third-order valence-corrected chi connectivity index (χ3v) is 5.57. The summed E-state index contributed by atoms with van der Waals surface area (Å²) in [6.07, 6.45) is 0. The third-order valence-electron chi connectivity index (χ3n) is 4.13. The van der Waals surface area contributed by atoms with Gasteiger partial charge in [0.05, 0.1) is 5.69 Å². The summed E-state index contributed by atoms with van der Waals surface area (Å²) < 4.78 is 28.7. The number of benzene rings is 2. The molecule has 0 unspecified atom stereocenters. The average molecular weight is 412 g/mol. The second-order valence-electron chi connectivity index (χ2n) is 6.35. The van der Waals surface area contributed by atoms with Crippen LogP contribution in [0, 0.1) is 0 Å². The maximum atomic E-state index is 12.4. The zero-order chi connectivity index (χ0) is 20.9. The second-order valence-corrected chi connectivity index (χ2v) is 8.13. The summed E-state index contributed by atoms with van der Waals surface area (Å²) >= 11 is 0. The van der Waals surface area contributed by atoms with E-state index in [9.17, 15) is 18.0 Å². The molecular weight excluding hydrogens is 392 g/mol. The number of rotatable bonds is 7. The van der Waals surface area contributed by atoms with E-state index in [0.29, 0.717) is 5.69 Å². The molecule has 0 atom stereocenters. The van der Waals surface area contributed by atoms with Gasteiger partial charge in [-0.3, -0.25) is 9.59 Å². The van der Waals surface area contributed by atoms with Crippen LogP contribution < -0.4 is 10.3 Å². The van der Waals surface area contributed by atoms with Crippen molar-refractivity contribution in [2.75, 3.05) is 7.05 Å². The van der Waals surface area contributed by atoms with E-state index in [-0.39, 0.29) is 6.54 Å². The largest absolute Gasteiger partial charge is 0.303 e. The van der Waals surface area contributed by atoms with Crippen molar-refractivity contribution < 1.29 is 13.2 Å². The molecule has 0 saturated heterocycles. The number of aromatic nitrogens is 2. The van der Waals surface area contributed by atoms with E-state index >= 15 is 0 Å². The minimum absolute atomic E-state index is 0.102. The zero-order valence-corrected chi connectivity index (χ0v) is 16.5. The molecule has 29 heavy (non-hydrogen) atoms. The topological polar surface area (TPSA) is 101 Å². The molecule has 0 aliphatic rings. The summed E-state index contributed by atoms with van der Waals surface area (Å²) in [4.78, 5) is 24.3. The number of amides is 1. The number of hydrogen-bond acceptors (Lipinski definition) is 5. The van der Waals surface area contributed by atoms with Crippen LogP contribution in [0.5, 0.6) is 0 Å². The summed E-state index contributed by atoms with van der Waals surface area (Å²) in [5.74, 6) is -0.857. The van der Waals surface area contributed by atoms with Crippen LogP contribution in [0.25, 0.3) is 11.3 Å². The highest BCUT2D eigenvalue weighted by Crippen LogP contribution is 2.14. The summed E-state index contributed by atoms with van der Waals surface area (Å²) in [6, 6.07) is 21.0. The van der Waals surface area contributed by atoms with Crippen molar-refractivity contribution in [2.24, 2.45) is 0 Å². The van der Waals surface area contributed by atoms with E-state index in [1.165, 1.54) is 13.1 Å². The Kier molecular flexibility index (Phi) is 6.20. The first kappa shape index (κ1) is 20.4. The first-order valence-corrected chi connectivity index (χ1v) is 10.2. The van der Waals surface area contributed by atoms with Gasteiger partial charge in [-0.05, 0) is 11.6 Å². The number of nitrogens with one attached hydrogen (secondary N) is 1. The maximum Gasteiger partial charge on any atom is 0.303 e. The average Bonchev–Trinajstić information content (AvgIpc) is 2.70. The minimum atomic E-state index is -4.06. The van der Waals surface area contributed by atoms with Gasteiger partial charge in [-0.2, -0.15) is 17.8 Å². The van der Waals surface area contributed by atoms with Gasteiger partial charge in [0.1, 0.15) is 6.54 Å². The predicted octanol–water partition coefficient (Wildman–Crippen LogP) is 1.40. The summed E-state index contributed by atoms with van der Waals surface area (Å²) in [5.41, 5.74) is 1.55. The third kappa shape index (κ3) is 5.37. The van der Waals surface area contributed by atoms with Crippen LogP contribution in [0.2, 0.25) is 0 Å². The van der Waals surface area contributed by atoms with Crippen LogP contribution >= 0.6 is 0 Å². The Labute approximate surface area is 168 Å². The van der Waals surface area contributed by atoms with E-state index < -0.39 is 28.2 Å². The molecule has 2 aromatic carbocycles. The van der Waals surface area contributed by atoms with Gasteiger partial charge in [0.25, 0.3) is 11.5 Å². The van der Waals surface area contributed by atoms with Crippen LogP contribution in [0.15, 0.2) is 77.6 Å². The molecule has 8 nitrogen and oxygen atoms in total.